The van der Waals surface area contributed by atoms with E-state index < -0.39 is 53.4 Å². The molecule has 1 saturated heterocycles. The molecule has 0 saturated carbocycles. The average molecular weight is 423 g/mol. The van der Waals surface area contributed by atoms with Crippen LogP contribution in [0.1, 0.15) is 30.6 Å². The molecule has 164 valence electrons. The second-order valence-corrected chi connectivity index (χ2v) is 7.51. The largest absolute Gasteiger partial charge is 0.394 e. The van der Waals surface area contributed by atoms with Gasteiger partial charge < -0.3 is 25.6 Å². The molecule has 30 heavy (non-hydrogen) atoms. The summed E-state index contributed by atoms with van der Waals surface area (Å²) in [5.41, 5.74) is -1.45. The number of amides is 2. The number of aliphatic hydroxyl groups excluding tert-OH is 2. The van der Waals surface area contributed by atoms with Crippen molar-refractivity contribution in [3.63, 3.8) is 0 Å². The predicted molar refractivity (Wildman–Crippen MR) is 104 cm³/mol. The summed E-state index contributed by atoms with van der Waals surface area (Å²) in [4.78, 5) is 47.7. The van der Waals surface area contributed by atoms with Crippen LogP contribution in [-0.4, -0.2) is 70.2 Å². The molecule has 0 spiro atoms. The van der Waals surface area contributed by atoms with E-state index in [-0.39, 0.29) is 30.2 Å². The van der Waals surface area contributed by atoms with E-state index in [1.807, 2.05) is 13.8 Å². The highest BCUT2D eigenvalue weighted by molar-refractivity contribution is 6.00. The van der Waals surface area contributed by atoms with Gasteiger partial charge in [-0.2, -0.15) is 0 Å². The highest BCUT2D eigenvalue weighted by Crippen LogP contribution is 2.30. The van der Waals surface area contributed by atoms with E-state index >= 15 is 0 Å². The van der Waals surface area contributed by atoms with Crippen molar-refractivity contribution >= 4 is 23.3 Å². The maximum Gasteiger partial charge on any atom is 0.269 e. The number of nitro groups is 1. The first-order valence-electron chi connectivity index (χ1n) is 9.39. The van der Waals surface area contributed by atoms with Crippen molar-refractivity contribution in [1.82, 2.24) is 10.6 Å². The fourth-order valence-corrected chi connectivity index (χ4v) is 2.86. The summed E-state index contributed by atoms with van der Waals surface area (Å²) >= 11 is 0. The number of epoxide rings is 1. The molecule has 2 rings (SSSR count). The maximum atomic E-state index is 12.7. The normalized spacial score (nSPS) is 19.6. The quantitative estimate of drug-likeness (QED) is 0.210. The van der Waals surface area contributed by atoms with Crippen molar-refractivity contribution in [3.05, 3.63) is 39.9 Å². The number of ether oxygens (including phenoxy) is 1. The molecule has 0 aliphatic carbocycles. The number of hydrogen-bond donors (Lipinski definition) is 4. The molecule has 2 unspecified atom stereocenters. The molecule has 11 heteroatoms. The van der Waals surface area contributed by atoms with Gasteiger partial charge in [0.15, 0.2) is 11.4 Å². The predicted octanol–water partition coefficient (Wildman–Crippen LogP) is -0.453. The number of carbonyl (C=O) groups excluding carboxylic acids is 3. The van der Waals surface area contributed by atoms with Crippen LogP contribution in [-0.2, 0) is 14.3 Å². The lowest BCUT2D eigenvalue weighted by Crippen LogP contribution is -2.55. The Kier molecular flexibility index (Phi) is 7.59. The Morgan fingerprint density at radius 2 is 1.77 bits per heavy atom. The maximum absolute atomic E-state index is 12.7. The van der Waals surface area contributed by atoms with Crippen molar-refractivity contribution in [2.75, 3.05) is 19.8 Å². The topological polar surface area (TPSA) is 171 Å². The number of aliphatic hydroxyl groups is 2. The van der Waals surface area contributed by atoms with Crippen LogP contribution in [0, 0.1) is 16.0 Å². The number of hydrogen-bond acceptors (Lipinski definition) is 8. The number of nitro benzene ring substituents is 1. The Balaban J connectivity index is 2.06. The van der Waals surface area contributed by atoms with E-state index in [0.29, 0.717) is 0 Å². The number of non-ortho nitro benzene ring substituents is 1. The number of nitrogens with one attached hydrogen (secondary N) is 2. The lowest BCUT2D eigenvalue weighted by atomic mass is 9.92. The van der Waals surface area contributed by atoms with Crippen molar-refractivity contribution < 1.29 is 34.3 Å². The van der Waals surface area contributed by atoms with E-state index in [4.69, 9.17) is 4.74 Å². The van der Waals surface area contributed by atoms with Crippen molar-refractivity contribution in [2.24, 2.45) is 5.92 Å². The zero-order valence-corrected chi connectivity index (χ0v) is 16.7. The van der Waals surface area contributed by atoms with Crippen molar-refractivity contribution in [3.8, 4) is 0 Å². The molecule has 1 fully saturated rings. The van der Waals surface area contributed by atoms with Crippen LogP contribution >= 0.6 is 0 Å². The molecular weight excluding hydrogens is 398 g/mol. The number of carbonyl (C=O) groups is 3. The number of benzene rings is 1. The molecule has 1 aromatic carbocycles. The van der Waals surface area contributed by atoms with Gasteiger partial charge >= 0.3 is 0 Å². The van der Waals surface area contributed by atoms with Gasteiger partial charge in [-0.3, -0.25) is 24.5 Å². The first kappa shape index (κ1) is 23.4. The first-order chi connectivity index (χ1) is 14.1. The molecule has 0 aromatic heterocycles. The highest BCUT2D eigenvalue weighted by Gasteiger charge is 2.54. The third-order valence-corrected chi connectivity index (χ3v) is 4.68. The summed E-state index contributed by atoms with van der Waals surface area (Å²) < 4.78 is 5.07. The Morgan fingerprint density at radius 3 is 2.20 bits per heavy atom. The molecule has 0 bridgehead atoms. The lowest BCUT2D eigenvalue weighted by molar-refractivity contribution is -0.384. The summed E-state index contributed by atoms with van der Waals surface area (Å²) in [5.74, 6) is -1.93. The SMILES string of the molecule is CC(C)CC(NC(=O)[C@H](CO)NC(=O)c1ccc([N+](=O)[O-])cc1)C(=O)C1(CO)CO1. The summed E-state index contributed by atoms with van der Waals surface area (Å²) in [6, 6.07) is 2.42. The molecule has 1 heterocycles. The molecule has 0 radical (unpaired) electrons. The van der Waals surface area contributed by atoms with E-state index in [2.05, 4.69) is 10.6 Å². The monoisotopic (exact) mass is 423 g/mol. The van der Waals surface area contributed by atoms with Crippen LogP contribution in [0.2, 0.25) is 0 Å². The van der Waals surface area contributed by atoms with Gasteiger partial charge in [0.2, 0.25) is 5.91 Å². The first-order valence-corrected chi connectivity index (χ1v) is 9.39. The number of Topliss-reactive ketones (excluding diaryl/α,β-unsaturated/α-hetero) is 1. The summed E-state index contributed by atoms with van der Waals surface area (Å²) in [5, 5.41) is 34.5. The second kappa shape index (κ2) is 9.74. The summed E-state index contributed by atoms with van der Waals surface area (Å²) in [6.45, 7) is 2.54. The van der Waals surface area contributed by atoms with E-state index in [9.17, 15) is 34.7 Å². The smallest absolute Gasteiger partial charge is 0.269 e. The zero-order valence-electron chi connectivity index (χ0n) is 16.7. The van der Waals surface area contributed by atoms with Crippen molar-refractivity contribution in [2.45, 2.75) is 38.0 Å². The zero-order chi connectivity index (χ0) is 22.5. The molecule has 1 aliphatic heterocycles. The van der Waals surface area contributed by atoms with E-state index in [1.165, 1.54) is 12.1 Å². The van der Waals surface area contributed by atoms with Gasteiger partial charge in [0, 0.05) is 17.7 Å². The molecule has 4 N–H and O–H groups in total. The van der Waals surface area contributed by atoms with Crippen LogP contribution in [0.25, 0.3) is 0 Å². The van der Waals surface area contributed by atoms with Gasteiger partial charge in [0.25, 0.3) is 11.6 Å². The fourth-order valence-electron chi connectivity index (χ4n) is 2.86. The average Bonchev–Trinajstić information content (AvgIpc) is 3.51. The lowest BCUT2D eigenvalue weighted by Gasteiger charge is -2.24. The minimum Gasteiger partial charge on any atom is -0.394 e. The Hall–Kier alpha value is -2.89. The number of ketones is 1. The minimum absolute atomic E-state index is 0.0380. The fraction of sp³-hybridized carbons (Fsp3) is 0.526. The summed E-state index contributed by atoms with van der Waals surface area (Å²) in [7, 11) is 0. The molecule has 2 amide bonds. The molecule has 1 aromatic rings. The van der Waals surface area contributed by atoms with Gasteiger partial charge in [-0.25, -0.2) is 0 Å². The molecule has 3 atom stereocenters. The van der Waals surface area contributed by atoms with Gasteiger partial charge in [0.1, 0.15) is 6.04 Å². The minimum atomic E-state index is -1.35. The van der Waals surface area contributed by atoms with Gasteiger partial charge in [-0.15, -0.1) is 0 Å². The molecular formula is C19H25N3O8. The van der Waals surface area contributed by atoms with Crippen LogP contribution < -0.4 is 10.6 Å². The Morgan fingerprint density at radius 1 is 1.17 bits per heavy atom. The highest BCUT2D eigenvalue weighted by atomic mass is 16.6. The van der Waals surface area contributed by atoms with Gasteiger partial charge in [0.05, 0.1) is 30.8 Å². The summed E-state index contributed by atoms with van der Waals surface area (Å²) in [6.07, 6.45) is 0.282. The Labute approximate surface area is 172 Å². The van der Waals surface area contributed by atoms with Crippen LogP contribution in [0.5, 0.6) is 0 Å². The molecule has 11 nitrogen and oxygen atoms in total. The molecule has 1 aliphatic rings. The van der Waals surface area contributed by atoms with Crippen LogP contribution in [0.4, 0.5) is 5.69 Å². The third-order valence-electron chi connectivity index (χ3n) is 4.68. The Bertz CT molecular complexity index is 805. The van der Waals surface area contributed by atoms with E-state index in [1.54, 1.807) is 0 Å². The van der Waals surface area contributed by atoms with E-state index in [0.717, 1.165) is 12.1 Å². The standard InChI is InChI=1S/C19H25N3O8/c1-11(2)7-14(16(25)19(9-24)10-30-19)20-18(27)15(8-23)21-17(26)12-3-5-13(6-4-12)22(28)29/h3-6,11,14-15,23-24H,7-10H2,1-2H3,(H,20,27)(H,21,26)/t14?,15-,19?/m0/s1. The van der Waals surface area contributed by atoms with Crippen LogP contribution in [0.15, 0.2) is 24.3 Å². The second-order valence-electron chi connectivity index (χ2n) is 7.51. The third kappa shape index (κ3) is 5.59. The van der Waals surface area contributed by atoms with Crippen molar-refractivity contribution in [1.29, 1.82) is 0 Å². The van der Waals surface area contributed by atoms with Gasteiger partial charge in [-0.05, 0) is 24.5 Å². The number of nitrogens with zero attached hydrogens (tertiary/aromatic N) is 1. The number of rotatable bonds is 11. The van der Waals surface area contributed by atoms with Crippen LogP contribution in [0.3, 0.4) is 0 Å². The van der Waals surface area contributed by atoms with Gasteiger partial charge in [-0.1, -0.05) is 13.8 Å².